The second-order valence-electron chi connectivity index (χ2n) is 7.93. The number of hydrogen-bond acceptors (Lipinski definition) is 4. The topological polar surface area (TPSA) is 42.0 Å². The van der Waals surface area contributed by atoms with Crippen LogP contribution < -0.4 is 0 Å². The molecule has 0 aromatic heterocycles. The summed E-state index contributed by atoms with van der Waals surface area (Å²) in [5.41, 5.74) is 0. The molecule has 3 aliphatic rings. The van der Waals surface area contributed by atoms with Crippen molar-refractivity contribution in [3.05, 3.63) is 0 Å². The Bertz CT molecular complexity index is 386. The third-order valence-corrected chi connectivity index (χ3v) is 6.20. The molecule has 1 amide bonds. The van der Waals surface area contributed by atoms with Crippen molar-refractivity contribution in [1.82, 2.24) is 9.80 Å². The highest BCUT2D eigenvalue weighted by atomic mass is 16.5. The highest BCUT2D eigenvalue weighted by Crippen LogP contribution is 2.28. The van der Waals surface area contributed by atoms with Gasteiger partial charge in [0.1, 0.15) is 0 Å². The zero-order valence-electron chi connectivity index (χ0n) is 15.8. The molecular weight excluding hydrogens is 316 g/mol. The maximum absolute atomic E-state index is 13.0. The van der Waals surface area contributed by atoms with E-state index in [0.717, 1.165) is 84.2 Å². The first kappa shape index (κ1) is 19.1. The van der Waals surface area contributed by atoms with Crippen molar-refractivity contribution in [2.75, 3.05) is 52.6 Å². The van der Waals surface area contributed by atoms with E-state index in [1.165, 1.54) is 32.1 Å². The number of hydrogen-bond donors (Lipinski definition) is 0. The van der Waals surface area contributed by atoms with Crippen molar-refractivity contribution < 1.29 is 14.3 Å². The lowest BCUT2D eigenvalue weighted by Crippen LogP contribution is -2.48. The van der Waals surface area contributed by atoms with E-state index in [1.54, 1.807) is 0 Å². The van der Waals surface area contributed by atoms with Crippen LogP contribution in [0.15, 0.2) is 0 Å². The molecule has 2 saturated heterocycles. The van der Waals surface area contributed by atoms with Gasteiger partial charge in [0, 0.05) is 51.9 Å². The van der Waals surface area contributed by atoms with Crippen molar-refractivity contribution in [2.24, 2.45) is 5.92 Å². The Kier molecular flexibility index (Phi) is 8.02. The molecule has 1 saturated carbocycles. The van der Waals surface area contributed by atoms with Gasteiger partial charge < -0.3 is 14.4 Å². The van der Waals surface area contributed by atoms with Crippen LogP contribution in [-0.4, -0.2) is 74.4 Å². The van der Waals surface area contributed by atoms with Gasteiger partial charge in [-0.15, -0.1) is 0 Å². The summed E-state index contributed by atoms with van der Waals surface area (Å²) in [5.74, 6) is 1.17. The third-order valence-electron chi connectivity index (χ3n) is 6.20. The smallest absolute Gasteiger partial charge is 0.222 e. The number of carbonyl (C=O) groups excluding carboxylic acids is 1. The van der Waals surface area contributed by atoms with E-state index in [2.05, 4.69) is 9.80 Å². The predicted octanol–water partition coefficient (Wildman–Crippen LogP) is 2.69. The van der Waals surface area contributed by atoms with Gasteiger partial charge in [0.25, 0.3) is 0 Å². The maximum Gasteiger partial charge on any atom is 0.222 e. The van der Waals surface area contributed by atoms with E-state index in [-0.39, 0.29) is 0 Å². The largest absolute Gasteiger partial charge is 0.381 e. The number of carbonyl (C=O) groups is 1. The van der Waals surface area contributed by atoms with Crippen molar-refractivity contribution in [1.29, 1.82) is 0 Å². The zero-order chi connectivity index (χ0) is 17.3. The highest BCUT2D eigenvalue weighted by molar-refractivity contribution is 5.76. The van der Waals surface area contributed by atoms with Gasteiger partial charge >= 0.3 is 0 Å². The van der Waals surface area contributed by atoms with Gasteiger partial charge in [-0.05, 0) is 25.2 Å². The fourth-order valence-corrected chi connectivity index (χ4v) is 4.53. The predicted molar refractivity (Wildman–Crippen MR) is 98.6 cm³/mol. The average Bonchev–Trinajstić information content (AvgIpc) is 2.69. The van der Waals surface area contributed by atoms with Crippen LogP contribution in [0.3, 0.4) is 0 Å². The summed E-state index contributed by atoms with van der Waals surface area (Å²) < 4.78 is 11.0. The summed E-state index contributed by atoms with van der Waals surface area (Å²) in [5, 5.41) is 0. The summed E-state index contributed by atoms with van der Waals surface area (Å²) in [6.07, 6.45) is 10.6. The molecule has 0 aromatic carbocycles. The Morgan fingerprint density at radius 3 is 2.32 bits per heavy atom. The summed E-state index contributed by atoms with van der Waals surface area (Å²) in [6.45, 7) is 7.10. The standard InChI is InChI=1S/C20H36N2O3/c23-20(7-6-18-4-2-1-3-5-18)22(19-8-14-24-15-9-19)11-10-21-12-16-25-17-13-21/h18-19H,1-17H2. The minimum atomic E-state index is 0.380. The lowest BCUT2D eigenvalue weighted by molar-refractivity contribution is -0.136. The zero-order valence-corrected chi connectivity index (χ0v) is 15.8. The second kappa shape index (κ2) is 10.5. The summed E-state index contributed by atoms with van der Waals surface area (Å²) in [4.78, 5) is 17.6. The number of nitrogens with zero attached hydrogens (tertiary/aromatic N) is 2. The van der Waals surface area contributed by atoms with E-state index in [4.69, 9.17) is 9.47 Å². The third kappa shape index (κ3) is 6.22. The molecule has 0 bridgehead atoms. The van der Waals surface area contributed by atoms with Crippen LogP contribution in [0.2, 0.25) is 0 Å². The molecule has 5 nitrogen and oxygen atoms in total. The van der Waals surface area contributed by atoms with Crippen LogP contribution in [0.4, 0.5) is 0 Å². The molecule has 25 heavy (non-hydrogen) atoms. The van der Waals surface area contributed by atoms with E-state index >= 15 is 0 Å². The monoisotopic (exact) mass is 352 g/mol. The average molecular weight is 353 g/mol. The Morgan fingerprint density at radius 2 is 1.60 bits per heavy atom. The molecule has 144 valence electrons. The lowest BCUT2D eigenvalue weighted by atomic mass is 9.86. The van der Waals surface area contributed by atoms with Crippen LogP contribution in [-0.2, 0) is 14.3 Å². The van der Waals surface area contributed by atoms with E-state index in [0.29, 0.717) is 11.9 Å². The Morgan fingerprint density at radius 1 is 0.920 bits per heavy atom. The Balaban J connectivity index is 1.49. The second-order valence-corrected chi connectivity index (χ2v) is 7.93. The van der Waals surface area contributed by atoms with Crippen molar-refractivity contribution in [2.45, 2.75) is 63.8 Å². The molecule has 5 heteroatoms. The number of ether oxygens (including phenoxy) is 2. The Hall–Kier alpha value is -0.650. The highest BCUT2D eigenvalue weighted by Gasteiger charge is 2.27. The quantitative estimate of drug-likeness (QED) is 0.706. The maximum atomic E-state index is 13.0. The van der Waals surface area contributed by atoms with Crippen molar-refractivity contribution >= 4 is 5.91 Å². The van der Waals surface area contributed by atoms with Gasteiger partial charge in [-0.25, -0.2) is 0 Å². The van der Waals surface area contributed by atoms with Gasteiger partial charge in [-0.1, -0.05) is 32.1 Å². The molecule has 0 unspecified atom stereocenters. The van der Waals surface area contributed by atoms with Gasteiger partial charge in [-0.3, -0.25) is 9.69 Å². The Labute approximate surface area is 153 Å². The molecule has 3 fully saturated rings. The van der Waals surface area contributed by atoms with E-state index < -0.39 is 0 Å². The number of amides is 1. The SMILES string of the molecule is O=C(CCC1CCCCC1)N(CCN1CCOCC1)C1CCOCC1. The minimum absolute atomic E-state index is 0.380. The normalized spacial score (nSPS) is 24.3. The molecule has 2 aliphatic heterocycles. The first-order chi connectivity index (χ1) is 12.3. The van der Waals surface area contributed by atoms with Crippen LogP contribution in [0.1, 0.15) is 57.8 Å². The fraction of sp³-hybridized carbons (Fsp3) is 0.950. The molecule has 0 atom stereocenters. The summed E-state index contributed by atoms with van der Waals surface area (Å²) in [6, 6.07) is 0.383. The minimum Gasteiger partial charge on any atom is -0.381 e. The first-order valence-electron chi connectivity index (χ1n) is 10.5. The number of morpholine rings is 1. The van der Waals surface area contributed by atoms with Crippen LogP contribution in [0.25, 0.3) is 0 Å². The summed E-state index contributed by atoms with van der Waals surface area (Å²) >= 11 is 0. The molecule has 0 spiro atoms. The molecule has 0 radical (unpaired) electrons. The molecule has 0 aromatic rings. The van der Waals surface area contributed by atoms with E-state index in [1.807, 2.05) is 0 Å². The molecule has 3 rings (SSSR count). The van der Waals surface area contributed by atoms with Crippen LogP contribution in [0, 0.1) is 5.92 Å². The van der Waals surface area contributed by atoms with Gasteiger partial charge in [0.2, 0.25) is 5.91 Å². The first-order valence-corrected chi connectivity index (χ1v) is 10.5. The molecule has 1 aliphatic carbocycles. The lowest BCUT2D eigenvalue weighted by Gasteiger charge is -2.37. The van der Waals surface area contributed by atoms with Crippen LogP contribution >= 0.6 is 0 Å². The molecule has 2 heterocycles. The number of rotatable bonds is 7. The summed E-state index contributed by atoms with van der Waals surface area (Å²) in [7, 11) is 0. The van der Waals surface area contributed by atoms with Gasteiger partial charge in [0.15, 0.2) is 0 Å². The van der Waals surface area contributed by atoms with Gasteiger partial charge in [-0.2, -0.15) is 0 Å². The fourth-order valence-electron chi connectivity index (χ4n) is 4.53. The van der Waals surface area contributed by atoms with Crippen molar-refractivity contribution in [3.63, 3.8) is 0 Å². The van der Waals surface area contributed by atoms with Crippen LogP contribution in [0.5, 0.6) is 0 Å². The molecule has 0 N–H and O–H groups in total. The molecular formula is C20H36N2O3. The van der Waals surface area contributed by atoms with Crippen molar-refractivity contribution in [3.8, 4) is 0 Å². The van der Waals surface area contributed by atoms with E-state index in [9.17, 15) is 4.79 Å². The van der Waals surface area contributed by atoms with Gasteiger partial charge in [0.05, 0.1) is 13.2 Å².